The Bertz CT molecular complexity index is 624. The highest BCUT2D eigenvalue weighted by Gasteiger charge is 2.54. The molecule has 2 saturated heterocycles. The van der Waals surface area contributed by atoms with E-state index in [9.17, 15) is 13.2 Å². The van der Waals surface area contributed by atoms with Gasteiger partial charge in [0.25, 0.3) is 0 Å². The van der Waals surface area contributed by atoms with Crippen LogP contribution in [0.25, 0.3) is 0 Å². The van der Waals surface area contributed by atoms with Crippen LogP contribution in [0.3, 0.4) is 0 Å². The first-order valence-corrected chi connectivity index (χ1v) is 7.60. The molecule has 7 nitrogen and oxygen atoms in total. The second-order valence-electron chi connectivity index (χ2n) is 5.16. The molecule has 19 heavy (non-hydrogen) atoms. The fourth-order valence-electron chi connectivity index (χ4n) is 3.23. The molecule has 0 amide bonds. The molecule has 0 spiro atoms. The molecule has 1 aromatic rings. The molecule has 1 aromatic heterocycles. The van der Waals surface area contributed by atoms with E-state index in [0.717, 1.165) is 6.42 Å². The normalized spacial score (nSPS) is 30.9. The fourth-order valence-corrected chi connectivity index (χ4v) is 5.13. The van der Waals surface area contributed by atoms with Crippen molar-refractivity contribution in [3.8, 4) is 0 Å². The average molecular weight is 285 g/mol. The van der Waals surface area contributed by atoms with Crippen molar-refractivity contribution in [3.63, 3.8) is 0 Å². The molecule has 8 heteroatoms. The summed E-state index contributed by atoms with van der Waals surface area (Å²) in [6, 6.07) is -0.594. The van der Waals surface area contributed by atoms with Crippen molar-refractivity contribution in [2.24, 2.45) is 13.0 Å². The maximum atomic E-state index is 12.6. The molecular formula is C11H15N3O4S. The molecular weight excluding hydrogens is 270 g/mol. The van der Waals surface area contributed by atoms with Crippen molar-refractivity contribution in [2.45, 2.75) is 36.2 Å². The van der Waals surface area contributed by atoms with Crippen LogP contribution in [0.15, 0.2) is 17.3 Å². The smallest absolute Gasteiger partial charge is 0.308 e. The van der Waals surface area contributed by atoms with Crippen LogP contribution in [0.5, 0.6) is 0 Å². The van der Waals surface area contributed by atoms with Crippen LogP contribution >= 0.6 is 0 Å². The summed E-state index contributed by atoms with van der Waals surface area (Å²) in [7, 11) is -1.98. The Kier molecular flexibility index (Phi) is 2.68. The molecule has 0 aliphatic carbocycles. The van der Waals surface area contributed by atoms with Crippen molar-refractivity contribution < 1.29 is 18.3 Å². The maximum Gasteiger partial charge on any atom is 0.308 e. The van der Waals surface area contributed by atoms with Gasteiger partial charge in [0.05, 0.1) is 12.1 Å². The van der Waals surface area contributed by atoms with Gasteiger partial charge in [0, 0.05) is 25.3 Å². The largest absolute Gasteiger partial charge is 0.481 e. The monoisotopic (exact) mass is 285 g/mol. The van der Waals surface area contributed by atoms with Gasteiger partial charge in [-0.15, -0.1) is 0 Å². The Morgan fingerprint density at radius 3 is 2.74 bits per heavy atom. The van der Waals surface area contributed by atoms with Gasteiger partial charge in [0.15, 0.2) is 0 Å². The highest BCUT2D eigenvalue weighted by Crippen LogP contribution is 2.44. The van der Waals surface area contributed by atoms with Crippen molar-refractivity contribution in [1.29, 1.82) is 0 Å². The molecule has 0 aromatic carbocycles. The zero-order valence-corrected chi connectivity index (χ0v) is 11.2. The van der Waals surface area contributed by atoms with E-state index in [4.69, 9.17) is 5.11 Å². The van der Waals surface area contributed by atoms with Crippen LogP contribution in [-0.2, 0) is 21.9 Å². The number of nitrogens with zero attached hydrogens (tertiary/aromatic N) is 3. The van der Waals surface area contributed by atoms with Gasteiger partial charge < -0.3 is 5.11 Å². The summed E-state index contributed by atoms with van der Waals surface area (Å²) in [5, 5.41) is 13.0. The number of aliphatic carboxylic acids is 1. The van der Waals surface area contributed by atoms with Crippen molar-refractivity contribution >= 4 is 16.0 Å². The van der Waals surface area contributed by atoms with Gasteiger partial charge in [-0.25, -0.2) is 8.42 Å². The van der Waals surface area contributed by atoms with E-state index in [2.05, 4.69) is 5.10 Å². The molecule has 3 atom stereocenters. The number of hydrogen-bond donors (Lipinski definition) is 1. The van der Waals surface area contributed by atoms with E-state index in [1.54, 1.807) is 7.05 Å². The van der Waals surface area contributed by atoms with Gasteiger partial charge in [-0.05, 0) is 19.3 Å². The Morgan fingerprint density at radius 2 is 2.21 bits per heavy atom. The Balaban J connectivity index is 1.97. The van der Waals surface area contributed by atoms with Gasteiger partial charge in [-0.3, -0.25) is 9.48 Å². The van der Waals surface area contributed by atoms with Gasteiger partial charge in [-0.2, -0.15) is 9.40 Å². The number of carbonyl (C=O) groups is 1. The lowest BCUT2D eigenvalue weighted by Crippen LogP contribution is -2.37. The third kappa shape index (κ3) is 1.78. The number of aryl methyl sites for hydroxylation is 1. The first-order chi connectivity index (χ1) is 8.91. The minimum absolute atomic E-state index is 0.137. The van der Waals surface area contributed by atoms with Crippen molar-refractivity contribution in [2.75, 3.05) is 0 Å². The molecule has 1 N–H and O–H groups in total. The Morgan fingerprint density at radius 1 is 1.47 bits per heavy atom. The minimum Gasteiger partial charge on any atom is -0.481 e. The zero-order chi connectivity index (χ0) is 13.8. The molecule has 3 unspecified atom stereocenters. The van der Waals surface area contributed by atoms with E-state index in [-0.39, 0.29) is 10.9 Å². The maximum absolute atomic E-state index is 12.6. The van der Waals surface area contributed by atoms with Crippen LogP contribution in [0.1, 0.15) is 19.3 Å². The summed E-state index contributed by atoms with van der Waals surface area (Å²) in [5.74, 6) is -1.48. The summed E-state index contributed by atoms with van der Waals surface area (Å²) in [6.45, 7) is 0. The summed E-state index contributed by atoms with van der Waals surface area (Å²) >= 11 is 0. The van der Waals surface area contributed by atoms with E-state index >= 15 is 0 Å². The summed E-state index contributed by atoms with van der Waals surface area (Å²) in [4.78, 5) is 11.3. The quantitative estimate of drug-likeness (QED) is 0.847. The third-order valence-corrected chi connectivity index (χ3v) is 5.98. The molecule has 3 heterocycles. The third-order valence-electron chi connectivity index (χ3n) is 4.05. The first kappa shape index (κ1) is 12.6. The molecule has 0 radical (unpaired) electrons. The highest BCUT2D eigenvalue weighted by atomic mass is 32.2. The molecule has 2 bridgehead atoms. The Hall–Kier alpha value is -1.41. The van der Waals surface area contributed by atoms with Crippen molar-refractivity contribution in [3.05, 3.63) is 12.4 Å². The van der Waals surface area contributed by atoms with Gasteiger partial charge >= 0.3 is 5.97 Å². The van der Waals surface area contributed by atoms with Gasteiger partial charge in [-0.1, -0.05) is 0 Å². The highest BCUT2D eigenvalue weighted by molar-refractivity contribution is 7.89. The van der Waals surface area contributed by atoms with E-state index < -0.39 is 28.0 Å². The molecule has 0 saturated carbocycles. The van der Waals surface area contributed by atoms with Crippen LogP contribution in [0, 0.1) is 5.92 Å². The number of carboxylic acid groups (broad SMARTS) is 1. The molecule has 2 aliphatic rings. The van der Waals surface area contributed by atoms with E-state index in [1.807, 2.05) is 0 Å². The topological polar surface area (TPSA) is 92.5 Å². The molecule has 2 fully saturated rings. The predicted octanol–water partition coefficient (Wildman–Crippen LogP) is 0.0463. The number of aromatic nitrogens is 2. The Labute approximate surface area is 110 Å². The van der Waals surface area contributed by atoms with Gasteiger partial charge in [0.1, 0.15) is 4.90 Å². The number of rotatable bonds is 3. The molecule has 3 rings (SSSR count). The van der Waals surface area contributed by atoms with Crippen LogP contribution in [-0.4, -0.2) is 45.7 Å². The summed E-state index contributed by atoms with van der Waals surface area (Å²) in [5.41, 5.74) is 0. The van der Waals surface area contributed by atoms with Crippen molar-refractivity contribution in [1.82, 2.24) is 14.1 Å². The number of fused-ring (bicyclic) bond motifs is 2. The van der Waals surface area contributed by atoms with Gasteiger partial charge in [0.2, 0.25) is 10.0 Å². The van der Waals surface area contributed by atoms with Crippen LogP contribution < -0.4 is 0 Å². The zero-order valence-electron chi connectivity index (χ0n) is 10.4. The second kappa shape index (κ2) is 4.04. The summed E-state index contributed by atoms with van der Waals surface area (Å²) in [6.07, 6.45) is 4.54. The minimum atomic E-state index is -3.63. The lowest BCUT2D eigenvalue weighted by atomic mass is 9.89. The average Bonchev–Trinajstić information content (AvgIpc) is 3.01. The lowest BCUT2D eigenvalue weighted by Gasteiger charge is -2.21. The SMILES string of the molecule is Cn1cc(S(=O)(=O)N2C3CCC2C(C(=O)O)C3)cn1. The first-order valence-electron chi connectivity index (χ1n) is 6.16. The standard InChI is InChI=1S/C11H15N3O4S/c1-13-6-8(5-12-13)19(17,18)14-7-2-3-10(14)9(4-7)11(15)16/h5-7,9-10H,2-4H2,1H3,(H,15,16). The fraction of sp³-hybridized carbons (Fsp3) is 0.636. The molecule has 104 valence electrons. The van der Waals surface area contributed by atoms with Crippen LogP contribution in [0.2, 0.25) is 0 Å². The summed E-state index contributed by atoms with van der Waals surface area (Å²) < 4.78 is 27.9. The molecule has 2 aliphatic heterocycles. The number of hydrogen-bond acceptors (Lipinski definition) is 4. The number of carboxylic acids is 1. The predicted molar refractivity (Wildman–Crippen MR) is 64.8 cm³/mol. The van der Waals surface area contributed by atoms with E-state index in [1.165, 1.54) is 21.4 Å². The lowest BCUT2D eigenvalue weighted by molar-refractivity contribution is -0.142. The number of sulfonamides is 1. The van der Waals surface area contributed by atoms with E-state index in [0.29, 0.717) is 12.8 Å². The van der Waals surface area contributed by atoms with Crippen LogP contribution in [0.4, 0.5) is 0 Å². The second-order valence-corrected chi connectivity index (χ2v) is 7.01.